The number of nitrogens with zero attached hydrogens (tertiary/aromatic N) is 2. The van der Waals surface area contributed by atoms with Gasteiger partial charge in [0.05, 0.1) is 4.92 Å². The molecule has 0 saturated heterocycles. The average Bonchev–Trinajstić information content (AvgIpc) is 2.37. The number of nitro groups is 1. The van der Waals surface area contributed by atoms with Crippen LogP contribution in [0.4, 0.5) is 5.69 Å². The Morgan fingerprint density at radius 1 is 1.30 bits per heavy atom. The minimum absolute atomic E-state index is 0.0582. The number of rotatable bonds is 3. The van der Waals surface area contributed by atoms with Crippen molar-refractivity contribution in [3.8, 4) is 11.4 Å². The van der Waals surface area contributed by atoms with Crippen LogP contribution in [0.15, 0.2) is 24.3 Å². The summed E-state index contributed by atoms with van der Waals surface area (Å²) in [6, 6.07) is 6.25. The van der Waals surface area contributed by atoms with Crippen molar-refractivity contribution in [3.63, 3.8) is 0 Å². The van der Waals surface area contributed by atoms with Crippen LogP contribution in [0.3, 0.4) is 0 Å². The SMILES string of the molecule is Cc1[nH]c(-c2ccc([N+](=O)[O-])cc2)nc(=S)c1C(C)C. The molecule has 1 heterocycles. The third kappa shape index (κ3) is 2.75. The minimum atomic E-state index is -0.424. The Morgan fingerprint density at radius 2 is 1.90 bits per heavy atom. The van der Waals surface area contributed by atoms with E-state index < -0.39 is 4.92 Å². The van der Waals surface area contributed by atoms with Crippen LogP contribution in [0.2, 0.25) is 0 Å². The van der Waals surface area contributed by atoms with Crippen molar-refractivity contribution in [2.45, 2.75) is 26.7 Å². The number of hydrogen-bond acceptors (Lipinski definition) is 4. The highest BCUT2D eigenvalue weighted by molar-refractivity contribution is 7.71. The molecule has 1 aromatic carbocycles. The zero-order valence-corrected chi connectivity index (χ0v) is 12.3. The molecule has 0 spiro atoms. The molecule has 0 radical (unpaired) electrons. The molecule has 0 atom stereocenters. The van der Waals surface area contributed by atoms with Crippen molar-refractivity contribution in [2.75, 3.05) is 0 Å². The lowest BCUT2D eigenvalue weighted by Gasteiger charge is -2.11. The molecule has 20 heavy (non-hydrogen) atoms. The number of benzene rings is 1. The standard InChI is InChI=1S/C14H15N3O2S/c1-8(2)12-9(3)15-13(16-14(12)20)10-4-6-11(7-5-10)17(18)19/h4-8H,1-3H3,(H,15,16,20). The van der Waals surface area contributed by atoms with Gasteiger partial charge in [0.2, 0.25) is 0 Å². The van der Waals surface area contributed by atoms with E-state index in [0.29, 0.717) is 16.4 Å². The van der Waals surface area contributed by atoms with Crippen molar-refractivity contribution in [3.05, 3.63) is 50.3 Å². The average molecular weight is 289 g/mol. The summed E-state index contributed by atoms with van der Waals surface area (Å²) in [5.41, 5.74) is 2.85. The van der Waals surface area contributed by atoms with Crippen molar-refractivity contribution in [1.82, 2.24) is 9.97 Å². The molecule has 104 valence electrons. The first kappa shape index (κ1) is 14.3. The van der Waals surface area contributed by atoms with Crippen LogP contribution in [0.1, 0.15) is 31.0 Å². The largest absolute Gasteiger partial charge is 0.343 e. The van der Waals surface area contributed by atoms with Gasteiger partial charge < -0.3 is 4.98 Å². The smallest absolute Gasteiger partial charge is 0.269 e. The Balaban J connectivity index is 2.49. The zero-order valence-electron chi connectivity index (χ0n) is 11.5. The Kier molecular flexibility index (Phi) is 3.94. The predicted molar refractivity (Wildman–Crippen MR) is 80.3 cm³/mol. The molecule has 0 amide bonds. The van der Waals surface area contributed by atoms with E-state index >= 15 is 0 Å². The second kappa shape index (κ2) is 5.50. The highest BCUT2D eigenvalue weighted by Gasteiger charge is 2.11. The van der Waals surface area contributed by atoms with E-state index in [9.17, 15) is 10.1 Å². The van der Waals surface area contributed by atoms with E-state index in [1.165, 1.54) is 12.1 Å². The fraction of sp³-hybridized carbons (Fsp3) is 0.286. The van der Waals surface area contributed by atoms with E-state index in [1.807, 2.05) is 6.92 Å². The van der Waals surface area contributed by atoms with Crippen LogP contribution in [0.5, 0.6) is 0 Å². The van der Waals surface area contributed by atoms with Gasteiger partial charge in [-0.05, 0) is 25.0 Å². The van der Waals surface area contributed by atoms with Crippen molar-refractivity contribution in [1.29, 1.82) is 0 Å². The summed E-state index contributed by atoms with van der Waals surface area (Å²) in [5.74, 6) is 0.934. The van der Waals surface area contributed by atoms with E-state index in [-0.39, 0.29) is 5.69 Å². The number of hydrogen-bond donors (Lipinski definition) is 1. The summed E-state index contributed by atoms with van der Waals surface area (Å²) < 4.78 is 0.574. The molecule has 0 fully saturated rings. The first-order chi connectivity index (χ1) is 9.40. The molecule has 0 saturated carbocycles. The number of nitrogens with one attached hydrogen (secondary N) is 1. The molecule has 1 aromatic heterocycles. The van der Waals surface area contributed by atoms with Gasteiger partial charge in [-0.25, -0.2) is 4.98 Å². The molecule has 5 nitrogen and oxygen atoms in total. The number of aryl methyl sites for hydroxylation is 1. The van der Waals surface area contributed by atoms with Gasteiger partial charge in [-0.2, -0.15) is 0 Å². The summed E-state index contributed by atoms with van der Waals surface area (Å²) in [5, 5.41) is 10.6. The van der Waals surface area contributed by atoms with Gasteiger partial charge >= 0.3 is 0 Å². The van der Waals surface area contributed by atoms with Crippen LogP contribution in [-0.2, 0) is 0 Å². The van der Waals surface area contributed by atoms with E-state index in [0.717, 1.165) is 16.8 Å². The normalized spacial score (nSPS) is 10.8. The Hall–Kier alpha value is -2.08. The van der Waals surface area contributed by atoms with Gasteiger partial charge in [0.15, 0.2) is 0 Å². The zero-order chi connectivity index (χ0) is 14.9. The lowest BCUT2D eigenvalue weighted by atomic mass is 10.0. The number of non-ortho nitro benzene ring substituents is 1. The van der Waals surface area contributed by atoms with Crippen molar-refractivity contribution >= 4 is 17.9 Å². The molecule has 2 aromatic rings. The first-order valence-corrected chi connectivity index (χ1v) is 6.66. The van der Waals surface area contributed by atoms with Gasteiger partial charge in [0.25, 0.3) is 5.69 Å². The Labute approximate surface area is 121 Å². The molecule has 0 aliphatic rings. The maximum absolute atomic E-state index is 10.6. The summed E-state index contributed by atoms with van der Waals surface area (Å²) in [6.07, 6.45) is 0. The Morgan fingerprint density at radius 3 is 2.35 bits per heavy atom. The lowest BCUT2D eigenvalue weighted by molar-refractivity contribution is -0.384. The molecular weight excluding hydrogens is 274 g/mol. The van der Waals surface area contributed by atoms with Crippen molar-refractivity contribution in [2.24, 2.45) is 0 Å². The third-order valence-corrected chi connectivity index (χ3v) is 3.39. The quantitative estimate of drug-likeness (QED) is 0.523. The number of H-pyrrole nitrogens is 1. The molecule has 0 aliphatic carbocycles. The van der Waals surface area contributed by atoms with E-state index in [4.69, 9.17) is 12.2 Å². The topological polar surface area (TPSA) is 71.8 Å². The van der Waals surface area contributed by atoms with Crippen LogP contribution >= 0.6 is 12.2 Å². The van der Waals surface area contributed by atoms with Gasteiger partial charge in [-0.1, -0.05) is 26.1 Å². The molecule has 1 N–H and O–H groups in total. The van der Waals surface area contributed by atoms with E-state index in [1.54, 1.807) is 12.1 Å². The molecule has 0 unspecified atom stereocenters. The molecule has 0 bridgehead atoms. The summed E-state index contributed by atoms with van der Waals surface area (Å²) in [4.78, 5) is 17.8. The van der Waals surface area contributed by atoms with Gasteiger partial charge in [-0.15, -0.1) is 0 Å². The van der Waals surface area contributed by atoms with Gasteiger partial charge in [0.1, 0.15) is 10.5 Å². The molecule has 6 heteroatoms. The monoisotopic (exact) mass is 289 g/mol. The molecular formula is C14H15N3O2S. The summed E-state index contributed by atoms with van der Waals surface area (Å²) >= 11 is 5.33. The minimum Gasteiger partial charge on any atom is -0.343 e. The van der Waals surface area contributed by atoms with Crippen LogP contribution < -0.4 is 0 Å². The van der Waals surface area contributed by atoms with Crippen LogP contribution in [0, 0.1) is 21.7 Å². The highest BCUT2D eigenvalue weighted by atomic mass is 32.1. The summed E-state index contributed by atoms with van der Waals surface area (Å²) in [6.45, 7) is 6.10. The first-order valence-electron chi connectivity index (χ1n) is 6.25. The van der Waals surface area contributed by atoms with Gasteiger partial charge in [-0.3, -0.25) is 10.1 Å². The Bertz CT molecular complexity index is 705. The van der Waals surface area contributed by atoms with E-state index in [2.05, 4.69) is 23.8 Å². The van der Waals surface area contributed by atoms with Gasteiger partial charge in [0, 0.05) is 29.0 Å². The fourth-order valence-electron chi connectivity index (χ4n) is 2.15. The maximum atomic E-state index is 10.6. The van der Waals surface area contributed by atoms with Crippen LogP contribution in [0.25, 0.3) is 11.4 Å². The fourth-order valence-corrected chi connectivity index (χ4v) is 2.63. The highest BCUT2D eigenvalue weighted by Crippen LogP contribution is 2.23. The number of aromatic nitrogens is 2. The second-order valence-electron chi connectivity index (χ2n) is 4.89. The lowest BCUT2D eigenvalue weighted by Crippen LogP contribution is -2.01. The molecule has 2 rings (SSSR count). The third-order valence-electron chi connectivity index (χ3n) is 3.08. The maximum Gasteiger partial charge on any atom is 0.269 e. The van der Waals surface area contributed by atoms with Crippen molar-refractivity contribution < 1.29 is 4.92 Å². The number of aromatic amines is 1. The molecule has 0 aliphatic heterocycles. The van der Waals surface area contributed by atoms with Crippen LogP contribution in [-0.4, -0.2) is 14.9 Å². The summed E-state index contributed by atoms with van der Waals surface area (Å²) in [7, 11) is 0. The second-order valence-corrected chi connectivity index (χ2v) is 5.27. The predicted octanol–water partition coefficient (Wildman–Crippen LogP) is 4.15. The number of nitro benzene ring substituents is 1.